The van der Waals surface area contributed by atoms with Crippen molar-refractivity contribution in [2.24, 2.45) is 11.8 Å². The molecule has 0 bridgehead atoms. The van der Waals surface area contributed by atoms with Crippen LogP contribution in [-0.4, -0.2) is 4.87 Å². The van der Waals surface area contributed by atoms with Gasteiger partial charge in [-0.25, -0.2) is 0 Å². The van der Waals surface area contributed by atoms with Crippen LogP contribution >= 0.6 is 11.6 Å². The van der Waals surface area contributed by atoms with Gasteiger partial charge in [-0.2, -0.15) is 5.26 Å². The number of nitrogens with zero attached hydrogens (tertiary/aromatic N) is 1. The van der Waals surface area contributed by atoms with Crippen LogP contribution in [-0.2, 0) is 0 Å². The topological polar surface area (TPSA) is 23.8 Å². The molecule has 1 rings (SSSR count). The molecule has 1 fully saturated rings. The van der Waals surface area contributed by atoms with E-state index in [9.17, 15) is 0 Å². The molecule has 10 heavy (non-hydrogen) atoms. The summed E-state index contributed by atoms with van der Waals surface area (Å²) < 4.78 is 0. The van der Waals surface area contributed by atoms with Gasteiger partial charge in [-0.1, -0.05) is 13.8 Å². The minimum Gasteiger partial charge on any atom is -0.196 e. The molecule has 56 valence electrons. The van der Waals surface area contributed by atoms with Crippen LogP contribution in [0.4, 0.5) is 0 Å². The predicted octanol–water partition coefficient (Wildman–Crippen LogP) is 2.55. The van der Waals surface area contributed by atoms with Crippen molar-refractivity contribution < 1.29 is 0 Å². The Morgan fingerprint density at radius 3 is 2.40 bits per heavy atom. The molecule has 1 aliphatic carbocycles. The van der Waals surface area contributed by atoms with E-state index in [0.29, 0.717) is 11.8 Å². The number of alkyl halides is 1. The van der Waals surface area contributed by atoms with Crippen LogP contribution in [0.15, 0.2) is 0 Å². The molecule has 0 radical (unpaired) electrons. The molecule has 0 amide bonds. The molecule has 1 nitrogen and oxygen atoms in total. The summed E-state index contributed by atoms with van der Waals surface area (Å²) in [7, 11) is 0. The maximum absolute atomic E-state index is 8.73. The maximum atomic E-state index is 8.73. The van der Waals surface area contributed by atoms with Gasteiger partial charge in [0.05, 0.1) is 6.07 Å². The van der Waals surface area contributed by atoms with Crippen molar-refractivity contribution in [1.29, 1.82) is 5.26 Å². The number of hydrogen-bond acceptors (Lipinski definition) is 1. The highest BCUT2D eigenvalue weighted by Gasteiger charge is 2.48. The second kappa shape index (κ2) is 2.43. The molecular formula is C8H12ClN. The van der Waals surface area contributed by atoms with Gasteiger partial charge in [0.2, 0.25) is 0 Å². The lowest BCUT2D eigenvalue weighted by Gasteiger charge is -2.15. The first-order chi connectivity index (χ1) is 4.64. The maximum Gasteiger partial charge on any atom is 0.133 e. The molecule has 0 saturated heterocycles. The summed E-state index contributed by atoms with van der Waals surface area (Å²) in [6.45, 7) is 4.12. The van der Waals surface area contributed by atoms with Gasteiger partial charge >= 0.3 is 0 Å². The molecule has 2 heteroatoms. The minimum atomic E-state index is -0.556. The first-order valence-corrected chi connectivity index (χ1v) is 4.12. The predicted molar refractivity (Wildman–Crippen MR) is 41.8 cm³/mol. The van der Waals surface area contributed by atoms with Crippen molar-refractivity contribution in [1.82, 2.24) is 0 Å². The normalized spacial score (nSPS) is 36.2. The Hall–Kier alpha value is -0.220. The first kappa shape index (κ1) is 7.88. The standard InChI is InChI=1S/C8H12ClN/c1-3-8(9,5-10)7-4-6(7)2/h6-7H,3-4H2,1-2H3. The molecule has 0 spiro atoms. The number of rotatable bonds is 2. The van der Waals surface area contributed by atoms with Gasteiger partial charge < -0.3 is 0 Å². The zero-order valence-electron chi connectivity index (χ0n) is 6.39. The highest BCUT2D eigenvalue weighted by molar-refractivity contribution is 6.26. The number of halogens is 1. The van der Waals surface area contributed by atoms with E-state index in [4.69, 9.17) is 16.9 Å². The Morgan fingerprint density at radius 2 is 2.30 bits per heavy atom. The SMILES string of the molecule is CCC(Cl)(C#N)C1CC1C. The summed E-state index contributed by atoms with van der Waals surface area (Å²) in [4.78, 5) is -0.556. The van der Waals surface area contributed by atoms with Crippen LogP contribution < -0.4 is 0 Å². The summed E-state index contributed by atoms with van der Waals surface area (Å²) in [5.41, 5.74) is 0. The van der Waals surface area contributed by atoms with Crippen LogP contribution in [0.25, 0.3) is 0 Å². The second-order valence-electron chi connectivity index (χ2n) is 3.15. The number of hydrogen-bond donors (Lipinski definition) is 0. The van der Waals surface area contributed by atoms with E-state index < -0.39 is 4.87 Å². The van der Waals surface area contributed by atoms with Crippen molar-refractivity contribution >= 4 is 11.6 Å². The zero-order chi connectivity index (χ0) is 7.78. The highest BCUT2D eigenvalue weighted by atomic mass is 35.5. The van der Waals surface area contributed by atoms with E-state index in [1.165, 1.54) is 0 Å². The van der Waals surface area contributed by atoms with Gasteiger partial charge in [-0.3, -0.25) is 0 Å². The summed E-state index contributed by atoms with van der Waals surface area (Å²) in [5.74, 6) is 1.11. The van der Waals surface area contributed by atoms with Crippen LogP contribution in [0.3, 0.4) is 0 Å². The number of nitriles is 1. The van der Waals surface area contributed by atoms with Crippen molar-refractivity contribution in [2.45, 2.75) is 31.6 Å². The molecule has 0 heterocycles. The molecule has 3 atom stereocenters. The molecule has 1 aliphatic rings. The third-order valence-electron chi connectivity index (χ3n) is 2.40. The van der Waals surface area contributed by atoms with Crippen molar-refractivity contribution in [3.8, 4) is 6.07 Å². The first-order valence-electron chi connectivity index (χ1n) is 3.74. The van der Waals surface area contributed by atoms with Crippen LogP contribution in [0.5, 0.6) is 0 Å². The lowest BCUT2D eigenvalue weighted by atomic mass is 10.0. The van der Waals surface area contributed by atoms with Crippen LogP contribution in [0, 0.1) is 23.2 Å². The molecule has 0 aliphatic heterocycles. The van der Waals surface area contributed by atoms with Gasteiger partial charge in [-0.05, 0) is 24.7 Å². The van der Waals surface area contributed by atoms with Gasteiger partial charge in [0.15, 0.2) is 0 Å². The molecule has 0 aromatic heterocycles. The fourth-order valence-corrected chi connectivity index (χ4v) is 1.69. The average Bonchev–Trinajstić information content (AvgIpc) is 2.66. The smallest absolute Gasteiger partial charge is 0.133 e. The Bertz CT molecular complexity index is 173. The van der Waals surface area contributed by atoms with E-state index in [1.54, 1.807) is 0 Å². The Labute approximate surface area is 67.0 Å². The summed E-state index contributed by atoms with van der Waals surface area (Å²) in [6.07, 6.45) is 1.89. The third-order valence-corrected chi connectivity index (χ3v) is 3.03. The monoisotopic (exact) mass is 157 g/mol. The third kappa shape index (κ3) is 1.13. The highest BCUT2D eigenvalue weighted by Crippen LogP contribution is 2.50. The van der Waals surface area contributed by atoms with Crippen molar-refractivity contribution in [3.63, 3.8) is 0 Å². The van der Waals surface area contributed by atoms with E-state index in [1.807, 2.05) is 6.92 Å². The molecule has 0 N–H and O–H groups in total. The summed E-state index contributed by atoms with van der Waals surface area (Å²) in [6, 6.07) is 2.19. The van der Waals surface area contributed by atoms with Crippen LogP contribution in [0.2, 0.25) is 0 Å². The largest absolute Gasteiger partial charge is 0.196 e. The lowest BCUT2D eigenvalue weighted by Crippen LogP contribution is -2.21. The Morgan fingerprint density at radius 1 is 1.80 bits per heavy atom. The van der Waals surface area contributed by atoms with Gasteiger partial charge in [0.25, 0.3) is 0 Å². The minimum absolute atomic E-state index is 0.448. The van der Waals surface area contributed by atoms with E-state index in [2.05, 4.69) is 13.0 Å². The lowest BCUT2D eigenvalue weighted by molar-refractivity contribution is 0.570. The van der Waals surface area contributed by atoms with Gasteiger partial charge in [0.1, 0.15) is 4.87 Å². The second-order valence-corrected chi connectivity index (χ2v) is 3.82. The van der Waals surface area contributed by atoms with Crippen LogP contribution in [0.1, 0.15) is 26.7 Å². The van der Waals surface area contributed by atoms with E-state index >= 15 is 0 Å². The molecule has 3 unspecified atom stereocenters. The molecule has 0 aromatic rings. The van der Waals surface area contributed by atoms with E-state index in [0.717, 1.165) is 12.8 Å². The van der Waals surface area contributed by atoms with Gasteiger partial charge in [-0.15, -0.1) is 11.6 Å². The van der Waals surface area contributed by atoms with Gasteiger partial charge in [0, 0.05) is 0 Å². The molecule has 1 saturated carbocycles. The average molecular weight is 158 g/mol. The fraction of sp³-hybridized carbons (Fsp3) is 0.875. The Kier molecular flexibility index (Phi) is 1.92. The molecule has 0 aromatic carbocycles. The fourth-order valence-electron chi connectivity index (χ4n) is 1.38. The molecular weight excluding hydrogens is 146 g/mol. The Balaban J connectivity index is 2.59. The quantitative estimate of drug-likeness (QED) is 0.566. The summed E-state index contributed by atoms with van der Waals surface area (Å²) >= 11 is 6.04. The summed E-state index contributed by atoms with van der Waals surface area (Å²) in [5, 5.41) is 8.73. The zero-order valence-corrected chi connectivity index (χ0v) is 7.15. The van der Waals surface area contributed by atoms with Crippen molar-refractivity contribution in [2.75, 3.05) is 0 Å². The van der Waals surface area contributed by atoms with E-state index in [-0.39, 0.29) is 0 Å². The van der Waals surface area contributed by atoms with Crippen molar-refractivity contribution in [3.05, 3.63) is 0 Å².